The zero-order chi connectivity index (χ0) is 9.35. The molecule has 0 saturated heterocycles. The van der Waals surface area contributed by atoms with Crippen molar-refractivity contribution in [3.63, 3.8) is 0 Å². The number of carbonyl (C=O) groups excluding carboxylic acids is 1. The standard InChI is InChI=1S/C9H18N2O.ClH/c1-6(2)7-4-3-5-9(7,11)8(10)12;/h6-7H,3-5,11H2,1-2H3,(H2,10,12);1H/t7-,9-;/m1./s1. The Morgan fingerprint density at radius 3 is 2.46 bits per heavy atom. The fraction of sp³-hybridized carbons (Fsp3) is 0.889. The smallest absolute Gasteiger partial charge is 0.278 e. The van der Waals surface area contributed by atoms with Gasteiger partial charge >= 0.3 is 0 Å². The molecule has 4 heteroatoms. The lowest BCUT2D eigenvalue weighted by atomic mass is 9.80. The molecule has 0 aromatic heterocycles. The summed E-state index contributed by atoms with van der Waals surface area (Å²) in [6.07, 6.45) is 3.06. The van der Waals surface area contributed by atoms with Gasteiger partial charge in [0.2, 0.25) is 0 Å². The van der Waals surface area contributed by atoms with E-state index in [1.165, 1.54) is 0 Å². The van der Waals surface area contributed by atoms with Gasteiger partial charge in [0.25, 0.3) is 5.91 Å². The summed E-state index contributed by atoms with van der Waals surface area (Å²) in [5, 5.41) is 0. The van der Waals surface area contributed by atoms with Crippen molar-refractivity contribution in [3.8, 4) is 0 Å². The minimum atomic E-state index is -0.478. The van der Waals surface area contributed by atoms with Gasteiger partial charge in [-0.1, -0.05) is 13.8 Å². The second kappa shape index (κ2) is 4.29. The van der Waals surface area contributed by atoms with Crippen molar-refractivity contribution in [1.29, 1.82) is 0 Å². The molecule has 1 rings (SSSR count). The van der Waals surface area contributed by atoms with Gasteiger partial charge in [0, 0.05) is 12.3 Å². The molecule has 78 valence electrons. The second-order valence-corrected chi connectivity index (χ2v) is 4.26. The van der Waals surface area contributed by atoms with Crippen LogP contribution in [0.15, 0.2) is 0 Å². The highest BCUT2D eigenvalue weighted by Gasteiger charge is 2.49. The van der Waals surface area contributed by atoms with Gasteiger partial charge in [-0.05, 0) is 18.8 Å². The Bertz CT molecular complexity index is 196. The summed E-state index contributed by atoms with van der Waals surface area (Å²) in [7, 11) is 0. The first-order chi connectivity index (χ1) is 5.48. The number of amides is 1. The molecule has 2 atom stereocenters. The lowest BCUT2D eigenvalue weighted by molar-refractivity contribution is -0.469. The van der Waals surface area contributed by atoms with Gasteiger partial charge in [0.1, 0.15) is 0 Å². The predicted molar refractivity (Wildman–Crippen MR) is 47.0 cm³/mol. The van der Waals surface area contributed by atoms with Crippen molar-refractivity contribution in [2.75, 3.05) is 0 Å². The number of nitrogens with two attached hydrogens (primary N) is 1. The van der Waals surface area contributed by atoms with E-state index in [1.54, 1.807) is 0 Å². The number of hydrogen-bond donors (Lipinski definition) is 2. The number of quaternary nitrogens is 1. The van der Waals surface area contributed by atoms with Crippen LogP contribution in [0.5, 0.6) is 0 Å². The predicted octanol–water partition coefficient (Wildman–Crippen LogP) is -3.09. The van der Waals surface area contributed by atoms with E-state index in [0.29, 0.717) is 11.8 Å². The van der Waals surface area contributed by atoms with Crippen LogP contribution in [0.2, 0.25) is 0 Å². The molecular weight excluding hydrogens is 188 g/mol. The van der Waals surface area contributed by atoms with Crippen LogP contribution in [-0.4, -0.2) is 11.4 Å². The van der Waals surface area contributed by atoms with Crippen LogP contribution in [0.1, 0.15) is 33.1 Å². The molecule has 1 fully saturated rings. The maximum atomic E-state index is 11.2. The Morgan fingerprint density at radius 2 is 2.15 bits per heavy atom. The van der Waals surface area contributed by atoms with E-state index in [-0.39, 0.29) is 18.3 Å². The number of primary amides is 1. The van der Waals surface area contributed by atoms with Gasteiger partial charge in [0.05, 0.1) is 0 Å². The average molecular weight is 207 g/mol. The Morgan fingerprint density at radius 1 is 1.62 bits per heavy atom. The summed E-state index contributed by atoms with van der Waals surface area (Å²) < 4.78 is 0. The SMILES string of the molecule is CC(C)[C@H]1CCC[C@]1([NH3+])C(N)=O.[Cl-]. The second-order valence-electron chi connectivity index (χ2n) is 4.26. The largest absolute Gasteiger partial charge is 1.00 e. The van der Waals surface area contributed by atoms with Crippen molar-refractivity contribution in [3.05, 3.63) is 0 Å². The minimum Gasteiger partial charge on any atom is -1.00 e. The van der Waals surface area contributed by atoms with E-state index in [0.717, 1.165) is 19.3 Å². The molecule has 1 saturated carbocycles. The van der Waals surface area contributed by atoms with Gasteiger partial charge in [-0.3, -0.25) is 4.79 Å². The van der Waals surface area contributed by atoms with Gasteiger partial charge in [0.15, 0.2) is 5.54 Å². The maximum Gasteiger partial charge on any atom is 0.278 e. The fourth-order valence-corrected chi connectivity index (χ4v) is 2.38. The molecule has 13 heavy (non-hydrogen) atoms. The number of carbonyl (C=O) groups is 1. The number of hydrogen-bond acceptors (Lipinski definition) is 1. The summed E-state index contributed by atoms with van der Waals surface area (Å²) in [5.74, 6) is 0.672. The maximum absolute atomic E-state index is 11.2. The molecule has 0 radical (unpaired) electrons. The Hall–Kier alpha value is -0.280. The topological polar surface area (TPSA) is 70.7 Å². The van der Waals surface area contributed by atoms with Crippen LogP contribution in [-0.2, 0) is 4.79 Å². The highest BCUT2D eigenvalue weighted by atomic mass is 35.5. The summed E-state index contributed by atoms with van der Waals surface area (Å²) >= 11 is 0. The molecule has 5 N–H and O–H groups in total. The van der Waals surface area contributed by atoms with E-state index in [1.807, 2.05) is 0 Å². The highest BCUT2D eigenvalue weighted by molar-refractivity contribution is 5.83. The van der Waals surface area contributed by atoms with E-state index in [9.17, 15) is 4.79 Å². The number of halogens is 1. The molecule has 0 aromatic rings. The summed E-state index contributed by atoms with van der Waals surface area (Å²) in [4.78, 5) is 11.2. The van der Waals surface area contributed by atoms with Crippen LogP contribution >= 0.6 is 0 Å². The molecule has 1 amide bonds. The zero-order valence-electron chi connectivity index (χ0n) is 8.35. The van der Waals surface area contributed by atoms with Crippen molar-refractivity contribution in [1.82, 2.24) is 0 Å². The molecule has 0 spiro atoms. The van der Waals surface area contributed by atoms with Crippen molar-refractivity contribution in [2.45, 2.75) is 38.6 Å². The van der Waals surface area contributed by atoms with Crippen LogP contribution in [0.4, 0.5) is 0 Å². The third-order valence-corrected chi connectivity index (χ3v) is 3.14. The van der Waals surface area contributed by atoms with E-state index >= 15 is 0 Å². The molecule has 1 aliphatic carbocycles. The van der Waals surface area contributed by atoms with E-state index in [4.69, 9.17) is 5.73 Å². The van der Waals surface area contributed by atoms with Crippen molar-refractivity contribution in [2.24, 2.45) is 17.6 Å². The molecule has 1 aliphatic rings. The quantitative estimate of drug-likeness (QED) is 0.494. The summed E-state index contributed by atoms with van der Waals surface area (Å²) in [5.41, 5.74) is 8.88. The van der Waals surface area contributed by atoms with Crippen LogP contribution in [0.25, 0.3) is 0 Å². The minimum absolute atomic E-state index is 0. The normalized spacial score (nSPS) is 33.1. The van der Waals surface area contributed by atoms with E-state index < -0.39 is 5.54 Å². The Kier molecular flexibility index (Phi) is 4.20. The van der Waals surface area contributed by atoms with E-state index in [2.05, 4.69) is 19.6 Å². The number of rotatable bonds is 2. The fourth-order valence-electron chi connectivity index (χ4n) is 2.38. The summed E-state index contributed by atoms with van der Waals surface area (Å²) in [6, 6.07) is 0. The van der Waals surface area contributed by atoms with Crippen molar-refractivity contribution < 1.29 is 22.9 Å². The third kappa shape index (κ3) is 2.15. The van der Waals surface area contributed by atoms with Crippen LogP contribution in [0.3, 0.4) is 0 Å². The molecule has 0 heterocycles. The Balaban J connectivity index is 0.00000144. The highest BCUT2D eigenvalue weighted by Crippen LogP contribution is 2.36. The zero-order valence-corrected chi connectivity index (χ0v) is 9.10. The van der Waals surface area contributed by atoms with Gasteiger partial charge in [-0.25, -0.2) is 0 Å². The molecule has 3 nitrogen and oxygen atoms in total. The summed E-state index contributed by atoms with van der Waals surface area (Å²) in [6.45, 7) is 4.28. The average Bonchev–Trinajstić information content (AvgIpc) is 2.32. The van der Waals surface area contributed by atoms with Crippen LogP contribution < -0.4 is 23.9 Å². The monoisotopic (exact) mass is 206 g/mol. The van der Waals surface area contributed by atoms with Crippen molar-refractivity contribution >= 4 is 5.91 Å². The third-order valence-electron chi connectivity index (χ3n) is 3.14. The first-order valence-electron chi connectivity index (χ1n) is 4.63. The molecule has 0 bridgehead atoms. The Labute approximate surface area is 85.6 Å². The van der Waals surface area contributed by atoms with Crippen LogP contribution in [0, 0.1) is 11.8 Å². The molecule has 0 aliphatic heterocycles. The molecule has 0 aromatic carbocycles. The lowest BCUT2D eigenvalue weighted by Gasteiger charge is -2.27. The lowest BCUT2D eigenvalue weighted by Crippen LogP contribution is -3.00. The molecular formula is C9H19ClN2O. The van der Waals surface area contributed by atoms with Gasteiger partial charge in [-0.2, -0.15) is 0 Å². The van der Waals surface area contributed by atoms with Gasteiger partial charge in [-0.15, -0.1) is 0 Å². The first kappa shape index (κ1) is 12.7. The first-order valence-corrected chi connectivity index (χ1v) is 4.63. The molecule has 0 unspecified atom stereocenters. The van der Waals surface area contributed by atoms with Gasteiger partial charge < -0.3 is 23.9 Å².